The van der Waals surface area contributed by atoms with E-state index in [1.54, 1.807) is 6.20 Å². The first-order chi connectivity index (χ1) is 9.79. The van der Waals surface area contributed by atoms with Crippen LogP contribution in [0.4, 0.5) is 17.5 Å². The molecule has 2 aromatic rings. The number of nitrogens with one attached hydrogen (secondary N) is 2. The van der Waals surface area contributed by atoms with Crippen LogP contribution in [0.5, 0.6) is 0 Å². The summed E-state index contributed by atoms with van der Waals surface area (Å²) in [5.41, 5.74) is 2.15. The predicted molar refractivity (Wildman–Crippen MR) is 82.3 cm³/mol. The van der Waals surface area contributed by atoms with E-state index in [0.29, 0.717) is 5.95 Å². The van der Waals surface area contributed by atoms with Crippen LogP contribution >= 0.6 is 0 Å². The summed E-state index contributed by atoms with van der Waals surface area (Å²) in [5.74, 6) is 1.27. The third-order valence-corrected chi connectivity index (χ3v) is 3.04. The van der Waals surface area contributed by atoms with Crippen LogP contribution in [0.2, 0.25) is 0 Å². The Morgan fingerprint density at radius 2 is 2.00 bits per heavy atom. The lowest BCUT2D eigenvalue weighted by atomic mass is 10.2. The Morgan fingerprint density at radius 1 is 1.15 bits per heavy atom. The zero-order valence-electron chi connectivity index (χ0n) is 12.1. The molecule has 1 aromatic carbocycles. The molecular formula is C15H21N5. The summed E-state index contributed by atoms with van der Waals surface area (Å²) in [6, 6.07) is 8.03. The van der Waals surface area contributed by atoms with Crippen molar-refractivity contribution in [3.63, 3.8) is 0 Å². The van der Waals surface area contributed by atoms with E-state index < -0.39 is 0 Å². The maximum atomic E-state index is 4.41. The smallest absolute Gasteiger partial charge is 0.249 e. The largest absolute Gasteiger partial charge is 0.369 e. The highest BCUT2D eigenvalue weighted by Gasteiger charge is 2.02. The second-order valence-electron chi connectivity index (χ2n) is 4.74. The molecule has 1 heterocycles. The van der Waals surface area contributed by atoms with Crippen molar-refractivity contribution >= 4 is 17.5 Å². The van der Waals surface area contributed by atoms with Gasteiger partial charge in [0.05, 0.1) is 6.20 Å². The van der Waals surface area contributed by atoms with Gasteiger partial charge in [0.25, 0.3) is 0 Å². The number of unbranched alkanes of at least 4 members (excludes halogenated alkanes) is 2. The van der Waals surface area contributed by atoms with Gasteiger partial charge in [-0.1, -0.05) is 38.0 Å². The van der Waals surface area contributed by atoms with Crippen LogP contribution in [-0.4, -0.2) is 21.7 Å². The first-order valence-corrected chi connectivity index (χ1v) is 7.06. The van der Waals surface area contributed by atoms with Crippen LogP contribution in [0, 0.1) is 6.92 Å². The van der Waals surface area contributed by atoms with Crippen LogP contribution in [0.3, 0.4) is 0 Å². The minimum Gasteiger partial charge on any atom is -0.369 e. The standard InChI is InChI=1S/C15H21N5/c1-3-4-7-10-16-14-11-17-20-15(19-14)18-13-9-6-5-8-12(13)2/h5-6,8-9,11H,3-4,7,10H2,1-2H3,(H2,16,18,19,20). The van der Waals surface area contributed by atoms with Crippen molar-refractivity contribution in [2.45, 2.75) is 33.1 Å². The minimum atomic E-state index is 0.514. The number of hydrogen-bond donors (Lipinski definition) is 2. The van der Waals surface area contributed by atoms with Crippen molar-refractivity contribution in [2.24, 2.45) is 0 Å². The molecule has 0 saturated carbocycles. The van der Waals surface area contributed by atoms with Gasteiger partial charge in [-0.25, -0.2) is 0 Å². The Bertz CT molecular complexity index is 541. The number of para-hydroxylation sites is 1. The van der Waals surface area contributed by atoms with Gasteiger partial charge >= 0.3 is 0 Å². The van der Waals surface area contributed by atoms with E-state index in [-0.39, 0.29) is 0 Å². The van der Waals surface area contributed by atoms with Gasteiger partial charge in [0.2, 0.25) is 5.95 Å². The minimum absolute atomic E-state index is 0.514. The highest BCUT2D eigenvalue weighted by molar-refractivity contribution is 5.58. The number of nitrogens with zero attached hydrogens (tertiary/aromatic N) is 3. The molecule has 0 spiro atoms. The molecule has 0 aliphatic rings. The molecule has 0 saturated heterocycles. The molecule has 2 rings (SSSR count). The van der Waals surface area contributed by atoms with Crippen molar-refractivity contribution in [1.82, 2.24) is 15.2 Å². The van der Waals surface area contributed by atoms with E-state index in [1.165, 1.54) is 12.8 Å². The molecular weight excluding hydrogens is 250 g/mol. The van der Waals surface area contributed by atoms with Gasteiger partial charge in [0, 0.05) is 12.2 Å². The Hall–Kier alpha value is -2.17. The summed E-state index contributed by atoms with van der Waals surface area (Å²) in [7, 11) is 0. The number of aryl methyl sites for hydroxylation is 1. The zero-order chi connectivity index (χ0) is 14.2. The molecule has 106 valence electrons. The summed E-state index contributed by atoms with van der Waals surface area (Å²) in [6.45, 7) is 5.15. The monoisotopic (exact) mass is 271 g/mol. The molecule has 20 heavy (non-hydrogen) atoms. The molecule has 5 heteroatoms. The van der Waals surface area contributed by atoms with Gasteiger partial charge in [0.15, 0.2) is 5.82 Å². The summed E-state index contributed by atoms with van der Waals surface area (Å²) in [6.07, 6.45) is 5.22. The van der Waals surface area contributed by atoms with Crippen LogP contribution in [-0.2, 0) is 0 Å². The van der Waals surface area contributed by atoms with E-state index in [2.05, 4.69) is 32.7 Å². The van der Waals surface area contributed by atoms with Gasteiger partial charge < -0.3 is 10.6 Å². The van der Waals surface area contributed by atoms with Crippen LogP contribution in [0.1, 0.15) is 31.7 Å². The molecule has 0 atom stereocenters. The first-order valence-electron chi connectivity index (χ1n) is 7.06. The number of rotatable bonds is 7. The molecule has 0 fully saturated rings. The molecule has 5 nitrogen and oxygen atoms in total. The predicted octanol–water partition coefficient (Wildman–Crippen LogP) is 3.53. The Balaban J connectivity index is 1.97. The molecule has 0 aliphatic carbocycles. The molecule has 1 aromatic heterocycles. The lowest BCUT2D eigenvalue weighted by Crippen LogP contribution is -2.07. The zero-order valence-corrected chi connectivity index (χ0v) is 12.1. The van der Waals surface area contributed by atoms with Crippen LogP contribution in [0.25, 0.3) is 0 Å². The summed E-state index contributed by atoms with van der Waals surface area (Å²) >= 11 is 0. The Labute approximate surface area is 119 Å². The summed E-state index contributed by atoms with van der Waals surface area (Å²) in [4.78, 5) is 4.41. The van der Waals surface area contributed by atoms with Crippen LogP contribution in [0.15, 0.2) is 30.5 Å². The third-order valence-electron chi connectivity index (χ3n) is 3.04. The van der Waals surface area contributed by atoms with Gasteiger partial charge in [-0.05, 0) is 25.0 Å². The SMILES string of the molecule is CCCCCNc1cnnc(Nc2ccccc2C)n1. The normalized spacial score (nSPS) is 10.3. The van der Waals surface area contributed by atoms with Gasteiger partial charge in [-0.2, -0.15) is 10.1 Å². The van der Waals surface area contributed by atoms with Crippen molar-refractivity contribution in [1.29, 1.82) is 0 Å². The van der Waals surface area contributed by atoms with Crippen molar-refractivity contribution in [3.05, 3.63) is 36.0 Å². The molecule has 0 bridgehead atoms. The molecule has 0 amide bonds. The van der Waals surface area contributed by atoms with E-state index in [9.17, 15) is 0 Å². The molecule has 0 radical (unpaired) electrons. The number of benzene rings is 1. The third kappa shape index (κ3) is 4.19. The average molecular weight is 271 g/mol. The average Bonchev–Trinajstić information content (AvgIpc) is 2.47. The van der Waals surface area contributed by atoms with Crippen molar-refractivity contribution in [3.8, 4) is 0 Å². The lowest BCUT2D eigenvalue weighted by Gasteiger charge is -2.09. The van der Waals surface area contributed by atoms with E-state index in [1.807, 2.05) is 31.2 Å². The van der Waals surface area contributed by atoms with Gasteiger partial charge in [0.1, 0.15) is 0 Å². The Kier molecular flexibility index (Phi) is 5.29. The first kappa shape index (κ1) is 14.2. The summed E-state index contributed by atoms with van der Waals surface area (Å²) in [5, 5.41) is 14.4. The maximum absolute atomic E-state index is 4.41. The van der Waals surface area contributed by atoms with Gasteiger partial charge in [-0.15, -0.1) is 5.10 Å². The van der Waals surface area contributed by atoms with Crippen molar-refractivity contribution < 1.29 is 0 Å². The fourth-order valence-corrected chi connectivity index (χ4v) is 1.87. The molecule has 0 aliphatic heterocycles. The van der Waals surface area contributed by atoms with E-state index in [0.717, 1.165) is 30.0 Å². The Morgan fingerprint density at radius 3 is 2.80 bits per heavy atom. The van der Waals surface area contributed by atoms with Gasteiger partial charge in [-0.3, -0.25) is 0 Å². The number of aromatic nitrogens is 3. The van der Waals surface area contributed by atoms with Crippen LogP contribution < -0.4 is 10.6 Å². The molecule has 2 N–H and O–H groups in total. The quantitative estimate of drug-likeness (QED) is 0.754. The van der Waals surface area contributed by atoms with E-state index in [4.69, 9.17) is 0 Å². The lowest BCUT2D eigenvalue weighted by molar-refractivity contribution is 0.741. The number of anilines is 3. The highest BCUT2D eigenvalue weighted by Crippen LogP contribution is 2.17. The summed E-state index contributed by atoms with van der Waals surface area (Å²) < 4.78 is 0. The highest BCUT2D eigenvalue weighted by atomic mass is 15.3. The fourth-order valence-electron chi connectivity index (χ4n) is 1.87. The number of hydrogen-bond acceptors (Lipinski definition) is 5. The molecule has 0 unspecified atom stereocenters. The second kappa shape index (κ2) is 7.43. The maximum Gasteiger partial charge on any atom is 0.249 e. The second-order valence-corrected chi connectivity index (χ2v) is 4.74. The van der Waals surface area contributed by atoms with E-state index >= 15 is 0 Å². The van der Waals surface area contributed by atoms with Crippen molar-refractivity contribution in [2.75, 3.05) is 17.2 Å². The topological polar surface area (TPSA) is 62.7 Å². The fraction of sp³-hybridized carbons (Fsp3) is 0.400.